The first-order chi connectivity index (χ1) is 10.1. The fourth-order valence-electron chi connectivity index (χ4n) is 2.19. The first-order valence-corrected chi connectivity index (χ1v) is 7.45. The molecular formula is C15H15BrN2O3. The Morgan fingerprint density at radius 1 is 1.24 bits per heavy atom. The standard InChI is InChI=1S/C15H15BrN2O3/c1-18-9-10(16)7-12(18)15(19)17-11-3-4-13-14(8-11)21-6-2-5-20-13/h3-4,7-9H,2,5-6H2,1H3,(H,17,19). The molecular weight excluding hydrogens is 336 g/mol. The predicted molar refractivity (Wildman–Crippen MR) is 83.1 cm³/mol. The second-order valence-corrected chi connectivity index (χ2v) is 5.74. The maximum atomic E-state index is 12.3. The van der Waals surface area contributed by atoms with Gasteiger partial charge in [-0.2, -0.15) is 0 Å². The summed E-state index contributed by atoms with van der Waals surface area (Å²) in [6.07, 6.45) is 2.69. The molecule has 2 heterocycles. The largest absolute Gasteiger partial charge is 0.490 e. The molecule has 1 aliphatic heterocycles. The third-order valence-corrected chi connectivity index (χ3v) is 3.64. The van der Waals surface area contributed by atoms with Crippen LogP contribution in [0.1, 0.15) is 16.9 Å². The number of hydrogen-bond donors (Lipinski definition) is 1. The van der Waals surface area contributed by atoms with E-state index in [2.05, 4.69) is 21.2 Å². The lowest BCUT2D eigenvalue weighted by Crippen LogP contribution is -2.15. The molecule has 5 nitrogen and oxygen atoms in total. The third-order valence-electron chi connectivity index (χ3n) is 3.21. The molecule has 0 aliphatic carbocycles. The van der Waals surface area contributed by atoms with E-state index in [1.54, 1.807) is 16.7 Å². The van der Waals surface area contributed by atoms with E-state index in [9.17, 15) is 4.79 Å². The average Bonchev–Trinajstić information content (AvgIpc) is 2.66. The number of rotatable bonds is 2. The third kappa shape index (κ3) is 3.05. The van der Waals surface area contributed by atoms with Crippen LogP contribution in [-0.4, -0.2) is 23.7 Å². The maximum Gasteiger partial charge on any atom is 0.272 e. The van der Waals surface area contributed by atoms with Gasteiger partial charge in [0.1, 0.15) is 5.69 Å². The van der Waals surface area contributed by atoms with Crippen LogP contribution in [0.4, 0.5) is 5.69 Å². The molecule has 0 radical (unpaired) electrons. The van der Waals surface area contributed by atoms with Gasteiger partial charge < -0.3 is 19.4 Å². The molecule has 1 aliphatic rings. The number of ether oxygens (including phenoxy) is 2. The highest BCUT2D eigenvalue weighted by Gasteiger charge is 2.14. The van der Waals surface area contributed by atoms with Crippen molar-refractivity contribution in [1.29, 1.82) is 0 Å². The Balaban J connectivity index is 1.80. The molecule has 1 aromatic heterocycles. The smallest absolute Gasteiger partial charge is 0.272 e. The molecule has 21 heavy (non-hydrogen) atoms. The Morgan fingerprint density at radius 3 is 2.71 bits per heavy atom. The minimum absolute atomic E-state index is 0.169. The number of nitrogens with one attached hydrogen (secondary N) is 1. The van der Waals surface area contributed by atoms with E-state index in [-0.39, 0.29) is 5.91 Å². The summed E-state index contributed by atoms with van der Waals surface area (Å²) in [7, 11) is 1.83. The lowest BCUT2D eigenvalue weighted by molar-refractivity contribution is 0.101. The number of nitrogens with zero attached hydrogens (tertiary/aromatic N) is 1. The van der Waals surface area contributed by atoms with Gasteiger partial charge in [0.2, 0.25) is 0 Å². The fraction of sp³-hybridized carbons (Fsp3) is 0.267. The highest BCUT2D eigenvalue weighted by Crippen LogP contribution is 2.32. The second-order valence-electron chi connectivity index (χ2n) is 4.82. The van der Waals surface area contributed by atoms with Gasteiger partial charge in [-0.3, -0.25) is 4.79 Å². The fourth-order valence-corrected chi connectivity index (χ4v) is 2.71. The molecule has 3 rings (SSSR count). The Hall–Kier alpha value is -1.95. The van der Waals surface area contributed by atoms with Gasteiger partial charge in [0, 0.05) is 35.9 Å². The summed E-state index contributed by atoms with van der Waals surface area (Å²) in [6.45, 7) is 1.27. The number of hydrogen-bond acceptors (Lipinski definition) is 3. The molecule has 0 fully saturated rings. The maximum absolute atomic E-state index is 12.3. The predicted octanol–water partition coefficient (Wildman–Crippen LogP) is 3.20. The number of benzene rings is 1. The average molecular weight is 351 g/mol. The quantitative estimate of drug-likeness (QED) is 0.904. The molecule has 110 valence electrons. The molecule has 0 bridgehead atoms. The Morgan fingerprint density at radius 2 is 2.00 bits per heavy atom. The van der Waals surface area contributed by atoms with E-state index >= 15 is 0 Å². The van der Waals surface area contributed by atoms with Gasteiger partial charge in [-0.25, -0.2) is 0 Å². The van der Waals surface area contributed by atoms with Crippen molar-refractivity contribution in [2.75, 3.05) is 18.5 Å². The van der Waals surface area contributed by atoms with Crippen LogP contribution >= 0.6 is 15.9 Å². The Bertz CT molecular complexity index is 682. The number of anilines is 1. The van der Waals surface area contributed by atoms with E-state index in [4.69, 9.17) is 9.47 Å². The lowest BCUT2D eigenvalue weighted by atomic mass is 10.2. The summed E-state index contributed by atoms with van der Waals surface area (Å²) in [5.74, 6) is 1.21. The summed E-state index contributed by atoms with van der Waals surface area (Å²) in [4.78, 5) is 12.3. The number of amides is 1. The van der Waals surface area contributed by atoms with Crippen molar-refractivity contribution >= 4 is 27.5 Å². The summed E-state index contributed by atoms with van der Waals surface area (Å²) in [5, 5.41) is 2.87. The van der Waals surface area contributed by atoms with Gasteiger partial charge in [0.25, 0.3) is 5.91 Å². The van der Waals surface area contributed by atoms with Crippen molar-refractivity contribution in [3.63, 3.8) is 0 Å². The molecule has 0 saturated heterocycles. The normalized spacial score (nSPS) is 13.6. The number of aryl methyl sites for hydroxylation is 1. The summed E-state index contributed by atoms with van der Waals surface area (Å²) >= 11 is 3.36. The molecule has 0 atom stereocenters. The summed E-state index contributed by atoms with van der Waals surface area (Å²) < 4.78 is 13.8. The van der Waals surface area contributed by atoms with E-state index in [1.165, 1.54) is 0 Å². The molecule has 0 unspecified atom stereocenters. The Labute approximate surface area is 131 Å². The first-order valence-electron chi connectivity index (χ1n) is 6.66. The van der Waals surface area contributed by atoms with Crippen LogP contribution in [0.2, 0.25) is 0 Å². The number of aromatic nitrogens is 1. The molecule has 0 spiro atoms. The van der Waals surface area contributed by atoms with Gasteiger partial charge in [0.05, 0.1) is 13.2 Å². The van der Waals surface area contributed by atoms with Crippen LogP contribution < -0.4 is 14.8 Å². The first kappa shape index (κ1) is 14.0. The summed E-state index contributed by atoms with van der Waals surface area (Å²) in [6, 6.07) is 7.19. The molecule has 1 N–H and O–H groups in total. The monoisotopic (exact) mass is 350 g/mol. The number of fused-ring (bicyclic) bond motifs is 1. The van der Waals surface area contributed by atoms with Crippen LogP contribution in [0.15, 0.2) is 34.9 Å². The Kier molecular flexibility index (Phi) is 3.88. The minimum Gasteiger partial charge on any atom is -0.490 e. The zero-order chi connectivity index (χ0) is 14.8. The van der Waals surface area contributed by atoms with Crippen molar-refractivity contribution in [1.82, 2.24) is 4.57 Å². The van der Waals surface area contributed by atoms with Gasteiger partial charge in [-0.1, -0.05) is 0 Å². The zero-order valence-corrected chi connectivity index (χ0v) is 13.1. The minimum atomic E-state index is -0.169. The van der Waals surface area contributed by atoms with Crippen LogP contribution in [0.25, 0.3) is 0 Å². The number of carbonyl (C=O) groups is 1. The highest BCUT2D eigenvalue weighted by atomic mass is 79.9. The lowest BCUT2D eigenvalue weighted by Gasteiger charge is -2.10. The van der Waals surface area contributed by atoms with Gasteiger partial charge >= 0.3 is 0 Å². The molecule has 1 amide bonds. The summed E-state index contributed by atoms with van der Waals surface area (Å²) in [5.41, 5.74) is 1.26. The van der Waals surface area contributed by atoms with Crippen LogP contribution in [0.5, 0.6) is 11.5 Å². The van der Waals surface area contributed by atoms with Crippen LogP contribution in [0.3, 0.4) is 0 Å². The van der Waals surface area contributed by atoms with Crippen LogP contribution in [0, 0.1) is 0 Å². The van der Waals surface area contributed by atoms with E-state index in [0.717, 1.165) is 10.9 Å². The van der Waals surface area contributed by atoms with E-state index in [1.807, 2.05) is 25.4 Å². The van der Waals surface area contributed by atoms with E-state index < -0.39 is 0 Å². The van der Waals surface area contributed by atoms with E-state index in [0.29, 0.717) is 36.1 Å². The molecule has 0 saturated carbocycles. The zero-order valence-electron chi connectivity index (χ0n) is 11.6. The van der Waals surface area contributed by atoms with Crippen LogP contribution in [-0.2, 0) is 7.05 Å². The van der Waals surface area contributed by atoms with Crippen molar-refractivity contribution in [2.24, 2.45) is 7.05 Å². The second kappa shape index (κ2) is 5.81. The molecule has 2 aromatic rings. The molecule has 1 aromatic carbocycles. The molecule has 6 heteroatoms. The van der Waals surface area contributed by atoms with Gasteiger partial charge in [0.15, 0.2) is 11.5 Å². The van der Waals surface area contributed by atoms with Crippen molar-refractivity contribution in [3.05, 3.63) is 40.6 Å². The SMILES string of the molecule is Cn1cc(Br)cc1C(=O)Nc1ccc2c(c1)OCCCO2. The van der Waals surface area contributed by atoms with Crippen molar-refractivity contribution < 1.29 is 14.3 Å². The number of halogens is 1. The van der Waals surface area contributed by atoms with Gasteiger partial charge in [-0.15, -0.1) is 0 Å². The topological polar surface area (TPSA) is 52.5 Å². The van der Waals surface area contributed by atoms with Crippen molar-refractivity contribution in [2.45, 2.75) is 6.42 Å². The number of carbonyl (C=O) groups excluding carboxylic acids is 1. The van der Waals surface area contributed by atoms with Crippen molar-refractivity contribution in [3.8, 4) is 11.5 Å². The van der Waals surface area contributed by atoms with Gasteiger partial charge in [-0.05, 0) is 34.1 Å². The highest BCUT2D eigenvalue weighted by molar-refractivity contribution is 9.10.